The molecule has 21 heavy (non-hydrogen) atoms. The number of likely N-dealkylation sites (N-methyl/N-ethyl adjacent to an activating group) is 1. The number of halogens is 2. The van der Waals surface area contributed by atoms with Gasteiger partial charge in [-0.1, -0.05) is 13.8 Å². The van der Waals surface area contributed by atoms with E-state index in [0.717, 1.165) is 31.6 Å². The molecule has 1 saturated heterocycles. The Hall–Kier alpha value is -1.69. The standard InChI is InChI=1S/C15H21F2N3O/c1-3-19(4-2)11-5-6-20(9-11)15(21)12-7-10(16)8-13(18)14(12)17/h7-8,11H,3-6,9,18H2,1-2H3. The molecule has 1 unspecified atom stereocenters. The average molecular weight is 297 g/mol. The van der Waals surface area contributed by atoms with Crippen LogP contribution in [0, 0.1) is 11.6 Å². The number of carbonyl (C=O) groups excluding carboxylic acids is 1. The maximum absolute atomic E-state index is 13.9. The van der Waals surface area contributed by atoms with Crippen LogP contribution < -0.4 is 5.73 Å². The van der Waals surface area contributed by atoms with Gasteiger partial charge in [-0.25, -0.2) is 8.78 Å². The zero-order valence-corrected chi connectivity index (χ0v) is 12.4. The van der Waals surface area contributed by atoms with Gasteiger partial charge < -0.3 is 10.6 Å². The van der Waals surface area contributed by atoms with Crippen LogP contribution in [0.2, 0.25) is 0 Å². The summed E-state index contributed by atoms with van der Waals surface area (Å²) in [4.78, 5) is 16.2. The predicted octanol–water partition coefficient (Wildman–Crippen LogP) is 2.10. The molecule has 1 aromatic carbocycles. The van der Waals surface area contributed by atoms with E-state index < -0.39 is 17.5 Å². The molecule has 0 spiro atoms. The Bertz CT molecular complexity index is 532. The van der Waals surface area contributed by atoms with Crippen LogP contribution in [0.15, 0.2) is 12.1 Å². The van der Waals surface area contributed by atoms with Gasteiger partial charge in [-0.2, -0.15) is 0 Å². The third kappa shape index (κ3) is 3.15. The Morgan fingerprint density at radius 1 is 1.38 bits per heavy atom. The number of anilines is 1. The highest BCUT2D eigenvalue weighted by atomic mass is 19.1. The van der Waals surface area contributed by atoms with Crippen molar-refractivity contribution in [1.29, 1.82) is 0 Å². The maximum Gasteiger partial charge on any atom is 0.257 e. The van der Waals surface area contributed by atoms with Gasteiger partial charge in [0.1, 0.15) is 5.82 Å². The number of hydrogen-bond donors (Lipinski definition) is 1. The van der Waals surface area contributed by atoms with Crippen LogP contribution in [-0.4, -0.2) is 47.9 Å². The molecule has 6 heteroatoms. The lowest BCUT2D eigenvalue weighted by molar-refractivity contribution is 0.0773. The van der Waals surface area contributed by atoms with E-state index in [-0.39, 0.29) is 17.3 Å². The fraction of sp³-hybridized carbons (Fsp3) is 0.533. The Balaban J connectivity index is 2.15. The molecule has 2 rings (SSSR count). The zero-order chi connectivity index (χ0) is 15.6. The topological polar surface area (TPSA) is 49.6 Å². The van der Waals surface area contributed by atoms with Crippen LogP contribution in [0.4, 0.5) is 14.5 Å². The van der Waals surface area contributed by atoms with E-state index in [0.29, 0.717) is 13.1 Å². The lowest BCUT2D eigenvalue weighted by Crippen LogP contribution is -2.38. The fourth-order valence-corrected chi connectivity index (χ4v) is 2.90. The Kier molecular flexibility index (Phi) is 4.77. The van der Waals surface area contributed by atoms with Gasteiger partial charge in [0.15, 0.2) is 5.82 Å². The van der Waals surface area contributed by atoms with Gasteiger partial charge in [0.25, 0.3) is 5.91 Å². The SMILES string of the molecule is CCN(CC)C1CCN(C(=O)c2cc(F)cc(N)c2F)C1. The zero-order valence-electron chi connectivity index (χ0n) is 12.4. The highest BCUT2D eigenvalue weighted by Crippen LogP contribution is 2.22. The molecular weight excluding hydrogens is 276 g/mol. The minimum atomic E-state index is -0.840. The number of nitrogens with zero attached hydrogens (tertiary/aromatic N) is 2. The van der Waals surface area contributed by atoms with Crippen molar-refractivity contribution in [2.75, 3.05) is 31.9 Å². The first-order valence-electron chi connectivity index (χ1n) is 7.25. The maximum atomic E-state index is 13.9. The van der Waals surface area contributed by atoms with Gasteiger partial charge in [0.05, 0.1) is 11.3 Å². The van der Waals surface area contributed by atoms with E-state index >= 15 is 0 Å². The number of nitrogens with two attached hydrogens (primary N) is 1. The summed E-state index contributed by atoms with van der Waals surface area (Å²) in [7, 11) is 0. The molecule has 4 nitrogen and oxygen atoms in total. The normalized spacial score (nSPS) is 18.5. The molecule has 116 valence electrons. The van der Waals surface area contributed by atoms with Crippen molar-refractivity contribution in [2.45, 2.75) is 26.3 Å². The van der Waals surface area contributed by atoms with Crippen LogP contribution in [0.1, 0.15) is 30.6 Å². The van der Waals surface area contributed by atoms with E-state index in [1.54, 1.807) is 4.90 Å². The molecule has 1 amide bonds. The largest absolute Gasteiger partial charge is 0.396 e. The minimum Gasteiger partial charge on any atom is -0.396 e. The van der Waals surface area contributed by atoms with Crippen molar-refractivity contribution in [3.8, 4) is 0 Å². The van der Waals surface area contributed by atoms with E-state index in [1.165, 1.54) is 0 Å². The van der Waals surface area contributed by atoms with Crippen molar-refractivity contribution in [3.63, 3.8) is 0 Å². The van der Waals surface area contributed by atoms with E-state index in [2.05, 4.69) is 18.7 Å². The van der Waals surface area contributed by atoms with Crippen molar-refractivity contribution in [1.82, 2.24) is 9.80 Å². The fourth-order valence-electron chi connectivity index (χ4n) is 2.90. The monoisotopic (exact) mass is 297 g/mol. The first-order valence-corrected chi connectivity index (χ1v) is 7.25. The molecule has 1 atom stereocenters. The second kappa shape index (κ2) is 6.39. The summed E-state index contributed by atoms with van der Waals surface area (Å²) < 4.78 is 27.3. The number of carbonyl (C=O) groups is 1. The van der Waals surface area contributed by atoms with Crippen molar-refractivity contribution in [2.24, 2.45) is 0 Å². The lowest BCUT2D eigenvalue weighted by atomic mass is 10.1. The van der Waals surface area contributed by atoms with Gasteiger partial charge in [0, 0.05) is 19.1 Å². The summed E-state index contributed by atoms with van der Waals surface area (Å²) in [6, 6.07) is 2.08. The Morgan fingerprint density at radius 2 is 2.05 bits per heavy atom. The molecular formula is C15H21F2N3O. The molecule has 0 saturated carbocycles. The first kappa shape index (κ1) is 15.7. The second-order valence-corrected chi connectivity index (χ2v) is 5.27. The number of likely N-dealkylation sites (tertiary alicyclic amines) is 1. The summed E-state index contributed by atoms with van der Waals surface area (Å²) in [5.74, 6) is -2.03. The van der Waals surface area contributed by atoms with Gasteiger partial charge in [0.2, 0.25) is 0 Å². The molecule has 0 bridgehead atoms. The molecule has 1 aromatic rings. The highest BCUT2D eigenvalue weighted by molar-refractivity contribution is 5.95. The smallest absolute Gasteiger partial charge is 0.257 e. The van der Waals surface area contributed by atoms with Crippen molar-refractivity contribution < 1.29 is 13.6 Å². The van der Waals surface area contributed by atoms with Gasteiger partial charge in [-0.3, -0.25) is 9.69 Å². The molecule has 1 fully saturated rings. The summed E-state index contributed by atoms with van der Waals surface area (Å²) in [5.41, 5.74) is 4.76. The quantitative estimate of drug-likeness (QED) is 0.866. The molecule has 0 aromatic heterocycles. The molecule has 0 aliphatic carbocycles. The van der Waals surface area contributed by atoms with E-state index in [9.17, 15) is 13.6 Å². The summed E-state index contributed by atoms with van der Waals surface area (Å²) >= 11 is 0. The number of hydrogen-bond acceptors (Lipinski definition) is 3. The van der Waals surface area contributed by atoms with Crippen LogP contribution >= 0.6 is 0 Å². The third-order valence-corrected chi connectivity index (χ3v) is 4.08. The molecule has 0 radical (unpaired) electrons. The average Bonchev–Trinajstić information content (AvgIpc) is 2.93. The van der Waals surface area contributed by atoms with Gasteiger partial charge >= 0.3 is 0 Å². The number of amides is 1. The van der Waals surface area contributed by atoms with Crippen LogP contribution in [0.5, 0.6) is 0 Å². The summed E-state index contributed by atoms with van der Waals surface area (Å²) in [6.45, 7) is 7.04. The Labute approximate surface area is 123 Å². The van der Waals surface area contributed by atoms with Crippen LogP contribution in [0.25, 0.3) is 0 Å². The van der Waals surface area contributed by atoms with Gasteiger partial charge in [-0.15, -0.1) is 0 Å². The lowest BCUT2D eigenvalue weighted by Gasteiger charge is -2.26. The minimum absolute atomic E-state index is 0.276. The van der Waals surface area contributed by atoms with Crippen LogP contribution in [-0.2, 0) is 0 Å². The second-order valence-electron chi connectivity index (χ2n) is 5.27. The molecule has 2 N–H and O–H groups in total. The van der Waals surface area contributed by atoms with E-state index in [4.69, 9.17) is 5.73 Å². The number of rotatable bonds is 4. The first-order chi connectivity index (χ1) is 9.97. The molecule has 1 heterocycles. The van der Waals surface area contributed by atoms with Crippen LogP contribution in [0.3, 0.4) is 0 Å². The predicted molar refractivity (Wildman–Crippen MR) is 78.0 cm³/mol. The number of nitrogen functional groups attached to an aromatic ring is 1. The highest BCUT2D eigenvalue weighted by Gasteiger charge is 2.31. The van der Waals surface area contributed by atoms with Crippen molar-refractivity contribution in [3.05, 3.63) is 29.3 Å². The summed E-state index contributed by atoms with van der Waals surface area (Å²) in [5, 5.41) is 0. The molecule has 1 aliphatic rings. The Morgan fingerprint density at radius 3 is 2.67 bits per heavy atom. The third-order valence-electron chi connectivity index (χ3n) is 4.08. The number of benzene rings is 1. The molecule has 1 aliphatic heterocycles. The van der Waals surface area contributed by atoms with Gasteiger partial charge in [-0.05, 0) is 31.6 Å². The van der Waals surface area contributed by atoms with Crippen molar-refractivity contribution >= 4 is 11.6 Å². The van der Waals surface area contributed by atoms with E-state index in [1.807, 2.05) is 0 Å². The summed E-state index contributed by atoms with van der Waals surface area (Å²) in [6.07, 6.45) is 0.847.